The molecule has 2 atom stereocenters. The van der Waals surface area contributed by atoms with Crippen LogP contribution in [0.5, 0.6) is 0 Å². The van der Waals surface area contributed by atoms with Gasteiger partial charge in [-0.25, -0.2) is 4.98 Å². The number of hydrogen-bond donors (Lipinski definition) is 1. The van der Waals surface area contributed by atoms with Gasteiger partial charge in [-0.1, -0.05) is 12.1 Å². The molecule has 0 spiro atoms. The second kappa shape index (κ2) is 6.79. The van der Waals surface area contributed by atoms with E-state index in [0.717, 1.165) is 33.4 Å². The molecule has 2 unspecified atom stereocenters. The molecule has 3 rings (SSSR count). The molecule has 19 heavy (non-hydrogen) atoms. The number of fused-ring (bicyclic) bond motifs is 1. The zero-order chi connectivity index (χ0) is 12.4. The highest BCUT2D eigenvalue weighted by Gasteiger charge is 2.19. The molecule has 2 aromatic rings. The number of hydrogen-bond acceptors (Lipinski definition) is 4. The van der Waals surface area contributed by atoms with Crippen molar-refractivity contribution >= 4 is 44.8 Å². The third-order valence-corrected chi connectivity index (χ3v) is 6.15. The van der Waals surface area contributed by atoms with Crippen molar-refractivity contribution in [3.8, 4) is 0 Å². The standard InChI is InChI=1S/C13H16N2OS2.ClH/c16-18(9-10-4-3-7-14-8-10)13-15-11-5-1-2-6-12(11)17-13;/h1-2,5-6,10,14H,3-4,7-9H2;1H. The number of nitrogens with zero attached hydrogens (tertiary/aromatic N) is 1. The third kappa shape index (κ3) is 3.54. The number of piperidine rings is 1. The van der Waals surface area contributed by atoms with Crippen molar-refractivity contribution < 1.29 is 4.21 Å². The zero-order valence-electron chi connectivity index (χ0n) is 10.5. The first-order valence-corrected chi connectivity index (χ1v) is 8.41. The van der Waals surface area contributed by atoms with Crippen molar-refractivity contribution in [3.05, 3.63) is 24.3 Å². The molecule has 0 aliphatic carbocycles. The van der Waals surface area contributed by atoms with E-state index >= 15 is 0 Å². The topological polar surface area (TPSA) is 42.0 Å². The molecule has 1 saturated heterocycles. The van der Waals surface area contributed by atoms with Gasteiger partial charge in [-0.2, -0.15) is 0 Å². The quantitative estimate of drug-likeness (QED) is 0.946. The molecule has 1 aromatic carbocycles. The Morgan fingerprint density at radius 2 is 2.26 bits per heavy atom. The van der Waals surface area contributed by atoms with Crippen LogP contribution in [0.4, 0.5) is 0 Å². The zero-order valence-corrected chi connectivity index (χ0v) is 13.0. The van der Waals surface area contributed by atoms with Crippen molar-refractivity contribution in [2.24, 2.45) is 5.92 Å². The van der Waals surface area contributed by atoms with E-state index in [0.29, 0.717) is 5.92 Å². The van der Waals surface area contributed by atoms with E-state index < -0.39 is 10.8 Å². The Morgan fingerprint density at radius 1 is 1.42 bits per heavy atom. The highest BCUT2D eigenvalue weighted by atomic mass is 35.5. The Hall–Kier alpha value is -0.490. The second-order valence-electron chi connectivity index (χ2n) is 4.67. The molecular formula is C13H17ClN2OS2. The molecule has 1 fully saturated rings. The van der Waals surface area contributed by atoms with Crippen LogP contribution in [0.15, 0.2) is 28.6 Å². The summed E-state index contributed by atoms with van der Waals surface area (Å²) in [5.41, 5.74) is 0.965. The van der Waals surface area contributed by atoms with Gasteiger partial charge in [-0.15, -0.1) is 23.7 Å². The minimum atomic E-state index is -0.946. The molecule has 2 heterocycles. The number of halogens is 1. The molecule has 1 aliphatic rings. The summed E-state index contributed by atoms with van der Waals surface area (Å²) in [5, 5.41) is 3.37. The van der Waals surface area contributed by atoms with E-state index in [1.807, 2.05) is 24.3 Å². The van der Waals surface area contributed by atoms with Crippen LogP contribution in [0, 0.1) is 5.92 Å². The van der Waals surface area contributed by atoms with Crippen molar-refractivity contribution in [1.29, 1.82) is 0 Å². The maximum Gasteiger partial charge on any atom is 0.181 e. The first-order chi connectivity index (χ1) is 8.83. The predicted octanol–water partition coefficient (Wildman–Crippen LogP) is 2.83. The Morgan fingerprint density at radius 3 is 3.00 bits per heavy atom. The summed E-state index contributed by atoms with van der Waals surface area (Å²) in [6.45, 7) is 2.10. The van der Waals surface area contributed by atoms with Crippen LogP contribution < -0.4 is 5.32 Å². The lowest BCUT2D eigenvalue weighted by Gasteiger charge is -2.21. The molecule has 3 nitrogen and oxygen atoms in total. The fourth-order valence-electron chi connectivity index (χ4n) is 2.30. The lowest BCUT2D eigenvalue weighted by molar-refractivity contribution is 0.408. The number of aromatic nitrogens is 1. The van der Waals surface area contributed by atoms with Crippen molar-refractivity contribution in [3.63, 3.8) is 0 Å². The van der Waals surface area contributed by atoms with E-state index in [1.165, 1.54) is 12.8 Å². The fraction of sp³-hybridized carbons (Fsp3) is 0.462. The summed E-state index contributed by atoms with van der Waals surface area (Å²) in [6.07, 6.45) is 2.38. The summed E-state index contributed by atoms with van der Waals surface area (Å²) < 4.78 is 14.2. The molecular weight excluding hydrogens is 300 g/mol. The number of para-hydroxylation sites is 1. The van der Waals surface area contributed by atoms with Gasteiger partial charge in [0.15, 0.2) is 4.34 Å². The smallest absolute Gasteiger partial charge is 0.181 e. The largest absolute Gasteiger partial charge is 0.316 e. The van der Waals surface area contributed by atoms with E-state index in [-0.39, 0.29) is 12.4 Å². The summed E-state index contributed by atoms with van der Waals surface area (Å²) in [5.74, 6) is 1.28. The van der Waals surface area contributed by atoms with Crippen LogP contribution in [0.1, 0.15) is 12.8 Å². The van der Waals surface area contributed by atoms with Gasteiger partial charge in [0.25, 0.3) is 0 Å². The Kier molecular flexibility index (Phi) is 5.33. The number of benzene rings is 1. The van der Waals surface area contributed by atoms with Gasteiger partial charge in [-0.3, -0.25) is 4.21 Å². The minimum absolute atomic E-state index is 0. The van der Waals surface area contributed by atoms with Crippen LogP contribution in [0.2, 0.25) is 0 Å². The number of nitrogens with one attached hydrogen (secondary N) is 1. The van der Waals surface area contributed by atoms with Gasteiger partial charge in [0, 0.05) is 5.75 Å². The molecule has 0 amide bonds. The van der Waals surface area contributed by atoms with Crippen LogP contribution >= 0.6 is 23.7 Å². The Balaban J connectivity index is 0.00000133. The molecule has 1 N–H and O–H groups in total. The van der Waals surface area contributed by atoms with Gasteiger partial charge >= 0.3 is 0 Å². The van der Waals surface area contributed by atoms with Crippen LogP contribution in [0.25, 0.3) is 10.2 Å². The average molecular weight is 317 g/mol. The van der Waals surface area contributed by atoms with Crippen molar-refractivity contribution in [1.82, 2.24) is 10.3 Å². The van der Waals surface area contributed by atoms with E-state index in [1.54, 1.807) is 11.3 Å². The molecule has 1 aliphatic heterocycles. The highest BCUT2D eigenvalue weighted by Crippen LogP contribution is 2.25. The monoisotopic (exact) mass is 316 g/mol. The van der Waals surface area contributed by atoms with Gasteiger partial charge in [0.2, 0.25) is 0 Å². The first kappa shape index (κ1) is 14.9. The minimum Gasteiger partial charge on any atom is -0.316 e. The molecule has 0 radical (unpaired) electrons. The third-order valence-electron chi connectivity index (χ3n) is 3.26. The molecule has 0 saturated carbocycles. The van der Waals surface area contributed by atoms with Crippen LogP contribution in [-0.4, -0.2) is 28.0 Å². The lowest BCUT2D eigenvalue weighted by atomic mass is 10.0. The van der Waals surface area contributed by atoms with Crippen molar-refractivity contribution in [2.45, 2.75) is 17.2 Å². The summed E-state index contributed by atoms with van der Waals surface area (Å²) in [7, 11) is -0.946. The van der Waals surface area contributed by atoms with E-state index in [2.05, 4.69) is 10.3 Å². The van der Waals surface area contributed by atoms with E-state index in [9.17, 15) is 4.21 Å². The van der Waals surface area contributed by atoms with Crippen molar-refractivity contribution in [2.75, 3.05) is 18.8 Å². The lowest BCUT2D eigenvalue weighted by Crippen LogP contribution is -2.32. The molecule has 6 heteroatoms. The van der Waals surface area contributed by atoms with Gasteiger partial charge in [0.05, 0.1) is 21.0 Å². The van der Waals surface area contributed by atoms with Gasteiger partial charge in [-0.05, 0) is 44.0 Å². The highest BCUT2D eigenvalue weighted by molar-refractivity contribution is 7.87. The fourth-order valence-corrected chi connectivity index (χ4v) is 4.90. The number of rotatable bonds is 3. The number of thiazole rings is 1. The van der Waals surface area contributed by atoms with E-state index in [4.69, 9.17) is 0 Å². The SMILES string of the molecule is Cl.O=S(CC1CCCNC1)c1nc2ccccc2s1. The Bertz CT molecular complexity index is 534. The maximum atomic E-state index is 12.3. The maximum absolute atomic E-state index is 12.3. The average Bonchev–Trinajstić information content (AvgIpc) is 2.84. The summed E-state index contributed by atoms with van der Waals surface area (Å²) >= 11 is 1.56. The van der Waals surface area contributed by atoms with Gasteiger partial charge < -0.3 is 5.32 Å². The summed E-state index contributed by atoms with van der Waals surface area (Å²) in [6, 6.07) is 7.99. The normalized spacial score (nSPS) is 20.9. The molecule has 1 aromatic heterocycles. The van der Waals surface area contributed by atoms with Crippen LogP contribution in [-0.2, 0) is 10.8 Å². The van der Waals surface area contributed by atoms with Crippen LogP contribution in [0.3, 0.4) is 0 Å². The first-order valence-electron chi connectivity index (χ1n) is 6.27. The summed E-state index contributed by atoms with van der Waals surface area (Å²) in [4.78, 5) is 4.48. The van der Waals surface area contributed by atoms with Gasteiger partial charge in [0.1, 0.15) is 0 Å². The second-order valence-corrected chi connectivity index (χ2v) is 7.37. The Labute approximate surface area is 125 Å². The molecule has 0 bridgehead atoms. The predicted molar refractivity (Wildman–Crippen MR) is 83.7 cm³/mol. The molecule has 104 valence electrons.